The fourth-order valence-electron chi connectivity index (χ4n) is 5.30. The van der Waals surface area contributed by atoms with Crippen LogP contribution in [0.3, 0.4) is 0 Å². The van der Waals surface area contributed by atoms with Gasteiger partial charge in [0.2, 0.25) is 5.95 Å². The van der Waals surface area contributed by atoms with Crippen LogP contribution in [0.1, 0.15) is 24.0 Å². The summed E-state index contributed by atoms with van der Waals surface area (Å²) in [5.74, 6) is 3.12. The molecule has 0 amide bonds. The van der Waals surface area contributed by atoms with E-state index in [1.165, 1.54) is 0 Å². The number of fused-ring (bicyclic) bond motifs is 2. The number of nitrogen functional groups attached to an aromatic ring is 1. The van der Waals surface area contributed by atoms with Gasteiger partial charge in [0.05, 0.1) is 25.1 Å². The molecule has 0 bridgehead atoms. The van der Waals surface area contributed by atoms with Gasteiger partial charge in [-0.3, -0.25) is 4.99 Å². The smallest absolute Gasteiger partial charge is 0.220 e. The number of ether oxygens (including phenoxy) is 3. The van der Waals surface area contributed by atoms with E-state index in [4.69, 9.17) is 24.9 Å². The van der Waals surface area contributed by atoms with Crippen LogP contribution in [-0.2, 0) is 12.8 Å². The van der Waals surface area contributed by atoms with Crippen molar-refractivity contribution in [2.24, 2.45) is 10.9 Å². The zero-order valence-corrected chi connectivity index (χ0v) is 20.7. The Morgan fingerprint density at radius 1 is 1.11 bits per heavy atom. The fourth-order valence-corrected chi connectivity index (χ4v) is 5.30. The molecule has 4 heterocycles. The Bertz CT molecular complexity index is 1320. The molecule has 3 aromatic rings. The van der Waals surface area contributed by atoms with Crippen molar-refractivity contribution < 1.29 is 14.2 Å². The molecule has 8 nitrogen and oxygen atoms in total. The fraction of sp³-hybridized carbons (Fsp3) is 0.393. The molecule has 36 heavy (non-hydrogen) atoms. The van der Waals surface area contributed by atoms with Gasteiger partial charge < -0.3 is 24.8 Å². The molecule has 3 aliphatic rings. The lowest BCUT2D eigenvalue weighted by Crippen LogP contribution is -2.35. The zero-order chi connectivity index (χ0) is 24.6. The predicted molar refractivity (Wildman–Crippen MR) is 140 cm³/mol. The summed E-state index contributed by atoms with van der Waals surface area (Å²) in [6.45, 7) is 2.70. The Morgan fingerprint density at radius 3 is 2.78 bits per heavy atom. The lowest BCUT2D eigenvalue weighted by Gasteiger charge is -2.30. The quantitative estimate of drug-likeness (QED) is 0.582. The van der Waals surface area contributed by atoms with E-state index in [1.807, 2.05) is 18.2 Å². The maximum atomic E-state index is 6.64. The molecule has 8 heteroatoms. The van der Waals surface area contributed by atoms with Gasteiger partial charge >= 0.3 is 0 Å². The standard InChI is InChI=1S/C28H31N5O3/c1-33-9-6-20(7-10-33)36-27-14-17(23-5-8-30-28(29)32-23)13-25-22(27)15-24(31-25)19-11-18-12-21(34-2)3-4-26(18)35-16-19/h3-5,8,12-14,19-20H,6-7,9-11,15-16H2,1-2H3,(H2,29,30,32). The third-order valence-electron chi connectivity index (χ3n) is 7.38. The second-order valence-electron chi connectivity index (χ2n) is 9.86. The topological polar surface area (TPSA) is 95.1 Å². The molecule has 0 spiro atoms. The lowest BCUT2D eigenvalue weighted by molar-refractivity contribution is 0.113. The summed E-state index contributed by atoms with van der Waals surface area (Å²) in [5, 5.41) is 0. The van der Waals surface area contributed by atoms with Crippen molar-refractivity contribution in [3.63, 3.8) is 0 Å². The van der Waals surface area contributed by atoms with E-state index in [1.54, 1.807) is 13.3 Å². The van der Waals surface area contributed by atoms with Gasteiger partial charge in [-0.15, -0.1) is 0 Å². The maximum Gasteiger partial charge on any atom is 0.220 e. The summed E-state index contributed by atoms with van der Waals surface area (Å²) in [5.41, 5.74) is 12.0. The van der Waals surface area contributed by atoms with E-state index in [2.05, 4.69) is 40.1 Å². The van der Waals surface area contributed by atoms with E-state index in [-0.39, 0.29) is 18.0 Å². The van der Waals surface area contributed by atoms with Gasteiger partial charge in [-0.05, 0) is 68.3 Å². The molecule has 1 unspecified atom stereocenters. The summed E-state index contributed by atoms with van der Waals surface area (Å²) in [6, 6.07) is 12.0. The largest absolute Gasteiger partial charge is 0.497 e. The number of nitrogens with zero attached hydrogens (tertiary/aromatic N) is 4. The lowest BCUT2D eigenvalue weighted by atomic mass is 9.90. The van der Waals surface area contributed by atoms with Crippen molar-refractivity contribution >= 4 is 17.3 Å². The molecule has 2 N–H and O–H groups in total. The normalized spacial score (nSPS) is 19.7. The highest BCUT2D eigenvalue weighted by Gasteiger charge is 2.31. The third kappa shape index (κ3) is 4.48. The Kier molecular flexibility index (Phi) is 5.97. The minimum Gasteiger partial charge on any atom is -0.497 e. The second-order valence-corrected chi connectivity index (χ2v) is 9.86. The Balaban J connectivity index is 1.31. The number of aromatic nitrogens is 2. The summed E-state index contributed by atoms with van der Waals surface area (Å²) < 4.78 is 18.2. The van der Waals surface area contributed by atoms with Gasteiger partial charge in [-0.2, -0.15) is 0 Å². The highest BCUT2D eigenvalue weighted by Crippen LogP contribution is 2.42. The number of likely N-dealkylation sites (tertiary alicyclic amines) is 1. The predicted octanol–water partition coefficient (Wildman–Crippen LogP) is 4.09. The molecule has 1 saturated heterocycles. The number of nitrogens with two attached hydrogens (primary N) is 1. The molecule has 2 aromatic carbocycles. The van der Waals surface area contributed by atoms with Crippen molar-refractivity contribution in [1.29, 1.82) is 0 Å². The van der Waals surface area contributed by atoms with Crippen LogP contribution < -0.4 is 19.9 Å². The highest BCUT2D eigenvalue weighted by atomic mass is 16.5. The monoisotopic (exact) mass is 485 g/mol. The van der Waals surface area contributed by atoms with E-state index in [9.17, 15) is 0 Å². The molecule has 6 rings (SSSR count). The Hall–Kier alpha value is -3.65. The molecular weight excluding hydrogens is 454 g/mol. The van der Waals surface area contributed by atoms with E-state index in [0.717, 1.165) is 89.8 Å². The van der Waals surface area contributed by atoms with Crippen LogP contribution in [0.5, 0.6) is 17.2 Å². The number of anilines is 1. The van der Waals surface area contributed by atoms with Crippen LogP contribution >= 0.6 is 0 Å². The summed E-state index contributed by atoms with van der Waals surface area (Å²) in [7, 11) is 3.85. The van der Waals surface area contributed by atoms with Crippen molar-refractivity contribution in [2.45, 2.75) is 31.8 Å². The van der Waals surface area contributed by atoms with E-state index >= 15 is 0 Å². The van der Waals surface area contributed by atoms with Gasteiger partial charge in [-0.1, -0.05) is 0 Å². The number of piperidine rings is 1. The van der Waals surface area contributed by atoms with Gasteiger partial charge in [0, 0.05) is 48.5 Å². The van der Waals surface area contributed by atoms with Gasteiger partial charge in [0.15, 0.2) is 0 Å². The first-order valence-electron chi connectivity index (χ1n) is 12.5. The summed E-state index contributed by atoms with van der Waals surface area (Å²) >= 11 is 0. The van der Waals surface area contributed by atoms with Gasteiger partial charge in [0.25, 0.3) is 0 Å². The number of hydrogen-bond acceptors (Lipinski definition) is 8. The van der Waals surface area contributed by atoms with Crippen LogP contribution in [0.25, 0.3) is 11.3 Å². The number of rotatable bonds is 5. The Morgan fingerprint density at radius 2 is 1.97 bits per heavy atom. The van der Waals surface area contributed by atoms with Crippen LogP contribution in [0, 0.1) is 5.92 Å². The molecule has 3 aliphatic heterocycles. The van der Waals surface area contributed by atoms with Crippen molar-refractivity contribution in [3.8, 4) is 28.5 Å². The van der Waals surface area contributed by atoms with Crippen LogP contribution in [0.15, 0.2) is 47.6 Å². The van der Waals surface area contributed by atoms with Crippen molar-refractivity contribution in [1.82, 2.24) is 14.9 Å². The van der Waals surface area contributed by atoms with Crippen molar-refractivity contribution in [2.75, 3.05) is 39.6 Å². The SMILES string of the molecule is COc1ccc2c(c1)CC(C1=Nc3cc(-c4ccnc(N)n4)cc(OC4CCN(C)CC4)c3C1)CO2. The molecule has 1 atom stereocenters. The summed E-state index contributed by atoms with van der Waals surface area (Å²) in [6.07, 6.45) is 5.54. The molecule has 186 valence electrons. The van der Waals surface area contributed by atoms with Crippen LogP contribution in [0.4, 0.5) is 11.6 Å². The minimum atomic E-state index is 0.192. The van der Waals surface area contributed by atoms with E-state index in [0.29, 0.717) is 6.61 Å². The van der Waals surface area contributed by atoms with Gasteiger partial charge in [-0.25, -0.2) is 9.97 Å². The van der Waals surface area contributed by atoms with Crippen LogP contribution in [-0.4, -0.2) is 60.5 Å². The zero-order valence-electron chi connectivity index (χ0n) is 20.7. The first kappa shape index (κ1) is 22.8. The average Bonchev–Trinajstić information content (AvgIpc) is 3.34. The molecule has 1 fully saturated rings. The number of benzene rings is 2. The minimum absolute atomic E-state index is 0.192. The number of hydrogen-bond donors (Lipinski definition) is 1. The van der Waals surface area contributed by atoms with E-state index < -0.39 is 0 Å². The molecule has 0 aliphatic carbocycles. The first-order valence-corrected chi connectivity index (χ1v) is 12.5. The van der Waals surface area contributed by atoms with Gasteiger partial charge in [0.1, 0.15) is 23.4 Å². The number of methoxy groups -OCH3 is 1. The molecule has 0 radical (unpaired) electrons. The Labute approximate surface area is 211 Å². The maximum absolute atomic E-state index is 6.64. The first-order chi connectivity index (χ1) is 17.6. The van der Waals surface area contributed by atoms with Crippen LogP contribution in [0.2, 0.25) is 0 Å². The third-order valence-corrected chi connectivity index (χ3v) is 7.38. The summed E-state index contributed by atoms with van der Waals surface area (Å²) in [4.78, 5) is 15.9. The van der Waals surface area contributed by atoms with Crippen molar-refractivity contribution in [3.05, 3.63) is 53.7 Å². The molecular formula is C28H31N5O3. The molecule has 1 aromatic heterocycles. The number of aliphatic imine (C=N–C) groups is 1. The second kappa shape index (κ2) is 9.43. The highest BCUT2D eigenvalue weighted by molar-refractivity contribution is 5.98. The average molecular weight is 486 g/mol. The molecule has 0 saturated carbocycles.